The van der Waals surface area contributed by atoms with Crippen molar-refractivity contribution in [3.05, 3.63) is 0 Å². The summed E-state index contributed by atoms with van der Waals surface area (Å²) in [5.41, 5.74) is 0. The van der Waals surface area contributed by atoms with E-state index < -0.39 is 0 Å². The number of ether oxygens (including phenoxy) is 1. The van der Waals surface area contributed by atoms with Crippen LogP contribution in [0.15, 0.2) is 0 Å². The topological polar surface area (TPSA) is 29.5 Å². The van der Waals surface area contributed by atoms with Crippen molar-refractivity contribution in [1.29, 1.82) is 0 Å². The van der Waals surface area contributed by atoms with Crippen LogP contribution in [0.1, 0.15) is 58.3 Å². The molecular formula is C12H26O2. The van der Waals surface area contributed by atoms with Gasteiger partial charge in [0.15, 0.2) is 0 Å². The van der Waals surface area contributed by atoms with Gasteiger partial charge in [-0.05, 0) is 25.7 Å². The van der Waals surface area contributed by atoms with E-state index >= 15 is 0 Å². The van der Waals surface area contributed by atoms with E-state index in [0.29, 0.717) is 6.61 Å². The summed E-state index contributed by atoms with van der Waals surface area (Å²) in [5.74, 6) is 0. The van der Waals surface area contributed by atoms with Crippen LogP contribution in [-0.2, 0) is 4.74 Å². The minimum absolute atomic E-state index is 0.316. The Morgan fingerprint density at radius 1 is 0.786 bits per heavy atom. The smallest absolute Gasteiger partial charge is 0.0466 e. The molecule has 0 spiro atoms. The van der Waals surface area contributed by atoms with Crippen LogP contribution in [0.3, 0.4) is 0 Å². The normalized spacial score (nSPS) is 10.7. The molecule has 0 unspecified atom stereocenters. The van der Waals surface area contributed by atoms with Crippen LogP contribution in [0.5, 0.6) is 0 Å². The first-order valence-corrected chi connectivity index (χ1v) is 6.10. The summed E-state index contributed by atoms with van der Waals surface area (Å²) < 4.78 is 5.48. The lowest BCUT2D eigenvalue weighted by Gasteiger charge is -2.03. The number of hydrogen-bond acceptors (Lipinski definition) is 2. The highest BCUT2D eigenvalue weighted by Crippen LogP contribution is 2.02. The largest absolute Gasteiger partial charge is 0.396 e. The third-order valence-corrected chi connectivity index (χ3v) is 2.34. The number of rotatable bonds is 11. The second-order valence-electron chi connectivity index (χ2n) is 3.81. The van der Waals surface area contributed by atoms with Gasteiger partial charge in [0.1, 0.15) is 0 Å². The molecule has 2 heteroatoms. The van der Waals surface area contributed by atoms with E-state index in [-0.39, 0.29) is 0 Å². The quantitative estimate of drug-likeness (QED) is 0.522. The molecule has 0 bridgehead atoms. The molecule has 0 saturated carbocycles. The second kappa shape index (κ2) is 12.9. The highest BCUT2D eigenvalue weighted by molar-refractivity contribution is 4.43. The summed E-state index contributed by atoms with van der Waals surface area (Å²) in [7, 11) is 0. The fourth-order valence-electron chi connectivity index (χ4n) is 1.40. The molecule has 0 aliphatic carbocycles. The summed E-state index contributed by atoms with van der Waals surface area (Å²) in [6, 6.07) is 0. The SMILES string of the molecule is CCCCCCCOCCCCCO. The van der Waals surface area contributed by atoms with Gasteiger partial charge in [0.05, 0.1) is 0 Å². The van der Waals surface area contributed by atoms with Crippen molar-refractivity contribution in [2.75, 3.05) is 19.8 Å². The fraction of sp³-hybridized carbons (Fsp3) is 1.00. The van der Waals surface area contributed by atoms with Crippen molar-refractivity contribution in [2.24, 2.45) is 0 Å². The Morgan fingerprint density at radius 3 is 1.93 bits per heavy atom. The zero-order valence-electron chi connectivity index (χ0n) is 9.63. The van der Waals surface area contributed by atoms with Crippen LogP contribution in [0, 0.1) is 0 Å². The van der Waals surface area contributed by atoms with E-state index in [9.17, 15) is 0 Å². The standard InChI is InChI=1S/C12H26O2/c1-2-3-4-5-8-11-14-12-9-6-7-10-13/h13H,2-12H2,1H3. The highest BCUT2D eigenvalue weighted by Gasteiger charge is 1.91. The molecule has 0 aromatic heterocycles. The van der Waals surface area contributed by atoms with E-state index in [2.05, 4.69) is 6.92 Å². The van der Waals surface area contributed by atoms with Gasteiger partial charge >= 0.3 is 0 Å². The molecule has 0 aromatic rings. The van der Waals surface area contributed by atoms with Crippen molar-refractivity contribution in [3.8, 4) is 0 Å². The molecule has 0 aromatic carbocycles. The van der Waals surface area contributed by atoms with Crippen molar-refractivity contribution in [3.63, 3.8) is 0 Å². The van der Waals surface area contributed by atoms with Gasteiger partial charge in [-0.25, -0.2) is 0 Å². The maximum absolute atomic E-state index is 8.55. The maximum Gasteiger partial charge on any atom is 0.0466 e. The first-order chi connectivity index (χ1) is 6.91. The Morgan fingerprint density at radius 2 is 1.36 bits per heavy atom. The average Bonchev–Trinajstić information content (AvgIpc) is 2.21. The molecule has 0 heterocycles. The van der Waals surface area contributed by atoms with Gasteiger partial charge in [0.2, 0.25) is 0 Å². The molecule has 0 atom stereocenters. The number of aliphatic hydroxyl groups is 1. The molecule has 0 amide bonds. The van der Waals surface area contributed by atoms with Gasteiger partial charge in [-0.3, -0.25) is 0 Å². The fourth-order valence-corrected chi connectivity index (χ4v) is 1.40. The van der Waals surface area contributed by atoms with Crippen LogP contribution in [0.2, 0.25) is 0 Å². The summed E-state index contributed by atoms with van der Waals surface area (Å²) in [6.45, 7) is 4.34. The lowest BCUT2D eigenvalue weighted by atomic mass is 10.2. The third-order valence-electron chi connectivity index (χ3n) is 2.34. The summed E-state index contributed by atoms with van der Waals surface area (Å²) in [5, 5.41) is 8.55. The highest BCUT2D eigenvalue weighted by atomic mass is 16.5. The van der Waals surface area contributed by atoms with E-state index in [4.69, 9.17) is 9.84 Å². The summed E-state index contributed by atoms with van der Waals surface area (Å²) >= 11 is 0. The monoisotopic (exact) mass is 202 g/mol. The van der Waals surface area contributed by atoms with Crippen LogP contribution in [-0.4, -0.2) is 24.9 Å². The Hall–Kier alpha value is -0.0800. The van der Waals surface area contributed by atoms with Crippen LogP contribution >= 0.6 is 0 Å². The van der Waals surface area contributed by atoms with Crippen molar-refractivity contribution in [1.82, 2.24) is 0 Å². The molecule has 0 radical (unpaired) electrons. The Labute approximate surface area is 88.7 Å². The molecule has 2 nitrogen and oxygen atoms in total. The minimum atomic E-state index is 0.316. The summed E-state index contributed by atoms with van der Waals surface area (Å²) in [6.07, 6.45) is 9.63. The second-order valence-corrected chi connectivity index (χ2v) is 3.81. The zero-order chi connectivity index (χ0) is 10.5. The maximum atomic E-state index is 8.55. The zero-order valence-corrected chi connectivity index (χ0v) is 9.63. The molecule has 0 rings (SSSR count). The predicted octanol–water partition coefficient (Wildman–Crippen LogP) is 3.14. The van der Waals surface area contributed by atoms with E-state index in [0.717, 1.165) is 32.5 Å². The van der Waals surface area contributed by atoms with Crippen molar-refractivity contribution in [2.45, 2.75) is 58.3 Å². The van der Waals surface area contributed by atoms with E-state index in [1.807, 2.05) is 0 Å². The van der Waals surface area contributed by atoms with Crippen molar-refractivity contribution >= 4 is 0 Å². The van der Waals surface area contributed by atoms with Crippen LogP contribution in [0.4, 0.5) is 0 Å². The Balaban J connectivity index is 2.78. The molecule has 0 aliphatic heterocycles. The molecule has 1 N–H and O–H groups in total. The lowest BCUT2D eigenvalue weighted by Crippen LogP contribution is -1.97. The van der Waals surface area contributed by atoms with Gasteiger partial charge in [-0.1, -0.05) is 32.6 Å². The predicted molar refractivity (Wildman–Crippen MR) is 60.5 cm³/mol. The lowest BCUT2D eigenvalue weighted by molar-refractivity contribution is 0.124. The van der Waals surface area contributed by atoms with E-state index in [1.54, 1.807) is 0 Å². The Bertz CT molecular complexity index is 82.3. The van der Waals surface area contributed by atoms with Gasteiger partial charge < -0.3 is 9.84 Å². The van der Waals surface area contributed by atoms with Gasteiger partial charge in [-0.15, -0.1) is 0 Å². The van der Waals surface area contributed by atoms with Gasteiger partial charge in [0, 0.05) is 19.8 Å². The van der Waals surface area contributed by atoms with Crippen LogP contribution in [0.25, 0.3) is 0 Å². The molecule has 0 aliphatic rings. The van der Waals surface area contributed by atoms with Gasteiger partial charge in [-0.2, -0.15) is 0 Å². The molecule has 0 fully saturated rings. The number of aliphatic hydroxyl groups excluding tert-OH is 1. The molecular weight excluding hydrogens is 176 g/mol. The number of hydrogen-bond donors (Lipinski definition) is 1. The molecule has 14 heavy (non-hydrogen) atoms. The molecule has 86 valence electrons. The average molecular weight is 202 g/mol. The molecule has 0 saturated heterocycles. The van der Waals surface area contributed by atoms with E-state index in [1.165, 1.54) is 32.1 Å². The number of unbranched alkanes of at least 4 members (excludes halogenated alkanes) is 6. The van der Waals surface area contributed by atoms with Crippen molar-refractivity contribution < 1.29 is 9.84 Å². The Kier molecular flexibility index (Phi) is 12.8. The third kappa shape index (κ3) is 11.9. The first kappa shape index (κ1) is 13.9. The first-order valence-electron chi connectivity index (χ1n) is 6.10. The van der Waals surface area contributed by atoms with Gasteiger partial charge in [0.25, 0.3) is 0 Å². The minimum Gasteiger partial charge on any atom is -0.396 e. The van der Waals surface area contributed by atoms with Crippen LogP contribution < -0.4 is 0 Å². The summed E-state index contributed by atoms with van der Waals surface area (Å²) in [4.78, 5) is 0.